The molecule has 20 heteroatoms. The maximum absolute atomic E-state index is 13.5. The van der Waals surface area contributed by atoms with E-state index in [1.54, 1.807) is 6.20 Å². The van der Waals surface area contributed by atoms with Gasteiger partial charge in [0.15, 0.2) is 46.7 Å². The second kappa shape index (κ2) is 19.0. The Labute approximate surface area is 313 Å². The van der Waals surface area contributed by atoms with Crippen LogP contribution in [0.1, 0.15) is 39.4 Å². The summed E-state index contributed by atoms with van der Waals surface area (Å²) in [5.41, 5.74) is 5.13. The van der Waals surface area contributed by atoms with Crippen molar-refractivity contribution in [2.45, 2.75) is 31.5 Å². The summed E-state index contributed by atoms with van der Waals surface area (Å²) >= 11 is 0. The van der Waals surface area contributed by atoms with Gasteiger partial charge in [0.05, 0.1) is 83.3 Å². The quantitative estimate of drug-likeness (QED) is 0.0350. The molecule has 2 heterocycles. The minimum Gasteiger partial charge on any atom is -0.508 e. The van der Waals surface area contributed by atoms with E-state index in [9.17, 15) is 45.6 Å². The van der Waals surface area contributed by atoms with E-state index >= 15 is 0 Å². The zero-order valence-electron chi connectivity index (χ0n) is 29.3. The molecule has 3 unspecified atom stereocenters. The largest absolute Gasteiger partial charge is 0.508 e. The number of nitrogens with two attached hydrogens (primary N) is 1. The van der Waals surface area contributed by atoms with Gasteiger partial charge in [0, 0.05) is 24.2 Å². The number of hydrogen-bond acceptors (Lipinski definition) is 19. The predicted molar refractivity (Wildman–Crippen MR) is 185 cm³/mol. The van der Waals surface area contributed by atoms with Crippen LogP contribution in [0.2, 0.25) is 0 Å². The molecule has 298 valence electrons. The van der Waals surface area contributed by atoms with Crippen LogP contribution in [0.3, 0.4) is 0 Å². The Bertz CT molecular complexity index is 1860. The molecular weight excluding hydrogens is 732 g/mol. The summed E-state index contributed by atoms with van der Waals surface area (Å²) in [5.74, 6) is -7.08. The second-order valence-electron chi connectivity index (χ2n) is 12.0. The van der Waals surface area contributed by atoms with E-state index in [2.05, 4.69) is 10.3 Å². The highest BCUT2D eigenvalue weighted by Gasteiger charge is 2.45. The average molecular weight is 775 g/mol. The Morgan fingerprint density at radius 1 is 0.727 bits per heavy atom. The van der Waals surface area contributed by atoms with Crippen LogP contribution < -0.4 is 10.5 Å². The lowest BCUT2D eigenvalue weighted by Gasteiger charge is -2.39. The van der Waals surface area contributed by atoms with Crippen molar-refractivity contribution in [1.82, 2.24) is 15.0 Å². The molecule has 0 saturated heterocycles. The number of carbonyl (C=O) groups is 1. The van der Waals surface area contributed by atoms with Crippen LogP contribution in [0.4, 0.5) is 0 Å². The van der Waals surface area contributed by atoms with Crippen molar-refractivity contribution in [2.75, 3.05) is 59.4 Å². The molecule has 0 fully saturated rings. The monoisotopic (exact) mass is 774 g/mol. The third-order valence-electron chi connectivity index (χ3n) is 8.05. The number of benzene rings is 3. The number of phenolic OH excluding ortho intramolecular Hbond substituents is 8. The molecule has 20 nitrogen and oxygen atoms in total. The van der Waals surface area contributed by atoms with Crippen molar-refractivity contribution >= 4 is 5.97 Å². The lowest BCUT2D eigenvalue weighted by Crippen LogP contribution is -2.39. The Morgan fingerprint density at radius 3 is 1.89 bits per heavy atom. The van der Waals surface area contributed by atoms with Crippen LogP contribution >= 0.6 is 0 Å². The van der Waals surface area contributed by atoms with E-state index in [-0.39, 0.29) is 30.1 Å². The molecule has 55 heavy (non-hydrogen) atoms. The van der Waals surface area contributed by atoms with Gasteiger partial charge in [-0.15, -0.1) is 5.10 Å². The number of hydrogen-bond donors (Lipinski definition) is 9. The Morgan fingerprint density at radius 2 is 1.29 bits per heavy atom. The Hall–Kier alpha value is -5.77. The van der Waals surface area contributed by atoms with Gasteiger partial charge < -0.3 is 79.7 Å². The smallest absolute Gasteiger partial charge is 0.338 e. The van der Waals surface area contributed by atoms with Gasteiger partial charge in [0.2, 0.25) is 0 Å². The summed E-state index contributed by atoms with van der Waals surface area (Å²) in [5, 5.41) is 89.9. The molecule has 3 aromatic carbocycles. The lowest BCUT2D eigenvalue weighted by atomic mass is 9.90. The summed E-state index contributed by atoms with van der Waals surface area (Å²) in [7, 11) is 0. The minimum atomic E-state index is -1.58. The van der Waals surface area contributed by atoms with Crippen molar-refractivity contribution in [2.24, 2.45) is 5.73 Å². The highest BCUT2D eigenvalue weighted by Crippen LogP contribution is 2.51. The van der Waals surface area contributed by atoms with Gasteiger partial charge in [-0.05, 0) is 24.3 Å². The van der Waals surface area contributed by atoms with Gasteiger partial charge in [-0.25, -0.2) is 9.48 Å². The van der Waals surface area contributed by atoms with Crippen LogP contribution in [0.25, 0.3) is 0 Å². The Balaban J connectivity index is 1.28. The number of aromatic hydroxyl groups is 8. The molecule has 0 spiro atoms. The minimum absolute atomic E-state index is 0.0436. The summed E-state index contributed by atoms with van der Waals surface area (Å²) in [6.45, 7) is 3.67. The van der Waals surface area contributed by atoms with Gasteiger partial charge >= 0.3 is 5.97 Å². The third kappa shape index (κ3) is 10.5. The third-order valence-corrected chi connectivity index (χ3v) is 8.05. The van der Waals surface area contributed by atoms with Crippen LogP contribution in [-0.2, 0) is 41.6 Å². The van der Waals surface area contributed by atoms with Gasteiger partial charge in [-0.1, -0.05) is 5.21 Å². The average Bonchev–Trinajstić information content (AvgIpc) is 3.61. The summed E-state index contributed by atoms with van der Waals surface area (Å²) in [6, 6.07) is 5.89. The van der Waals surface area contributed by atoms with Gasteiger partial charge in [0.25, 0.3) is 0 Å². The molecule has 0 amide bonds. The van der Waals surface area contributed by atoms with Crippen LogP contribution in [0.15, 0.2) is 42.6 Å². The molecule has 1 aliphatic rings. The summed E-state index contributed by atoms with van der Waals surface area (Å²) < 4.78 is 41.2. The fraction of sp³-hybridized carbons (Fsp3) is 0.400. The zero-order valence-corrected chi connectivity index (χ0v) is 29.3. The topological polar surface area (TPSA) is 300 Å². The van der Waals surface area contributed by atoms with E-state index in [4.69, 9.17) is 38.9 Å². The molecule has 3 atom stereocenters. The number of esters is 1. The molecule has 0 saturated carbocycles. The highest BCUT2D eigenvalue weighted by atomic mass is 16.6. The predicted octanol–water partition coefficient (Wildman–Crippen LogP) is 1.57. The van der Waals surface area contributed by atoms with Crippen molar-refractivity contribution in [1.29, 1.82) is 0 Å². The molecule has 0 radical (unpaired) electrons. The lowest BCUT2D eigenvalue weighted by molar-refractivity contribution is -0.116. The van der Waals surface area contributed by atoms with E-state index in [1.807, 2.05) is 0 Å². The molecule has 1 aliphatic heterocycles. The standard InChI is InChI=1S/C35H42N4O16/c36-1-3-49-5-7-51-9-10-52-8-6-50-4-2-39-17-21(37-38-39)18-53-33-29-23(41)15-22(40)16-28(29)54-32(19-11-24(42)30(46)25(43)12-19)34(33)55-35(48)20-13-26(44)31(47)27(45)14-20/h11-17,32-34,40-47H,1-10,18,36H2. The van der Waals surface area contributed by atoms with Crippen LogP contribution in [0.5, 0.6) is 51.7 Å². The first-order valence-electron chi connectivity index (χ1n) is 16.9. The molecule has 5 rings (SSSR count). The van der Waals surface area contributed by atoms with Gasteiger partial charge in [0.1, 0.15) is 29.0 Å². The van der Waals surface area contributed by atoms with E-state index < -0.39 is 75.8 Å². The van der Waals surface area contributed by atoms with Crippen molar-refractivity contribution in [3.05, 3.63) is 65.0 Å². The normalized spacial score (nSPS) is 16.4. The van der Waals surface area contributed by atoms with Crippen molar-refractivity contribution in [3.8, 4) is 51.7 Å². The van der Waals surface area contributed by atoms with E-state index in [0.29, 0.717) is 65.0 Å². The first-order chi connectivity index (χ1) is 26.5. The van der Waals surface area contributed by atoms with Gasteiger partial charge in [-0.3, -0.25) is 0 Å². The van der Waals surface area contributed by atoms with E-state index in [0.717, 1.165) is 36.4 Å². The number of carbonyl (C=O) groups excluding carboxylic acids is 1. The maximum atomic E-state index is 13.5. The van der Waals surface area contributed by atoms with Crippen LogP contribution in [-0.4, -0.2) is 127 Å². The molecule has 4 aromatic rings. The number of aromatic nitrogens is 3. The molecule has 0 aliphatic carbocycles. The molecule has 0 bridgehead atoms. The number of rotatable bonds is 20. The summed E-state index contributed by atoms with van der Waals surface area (Å²) in [4.78, 5) is 13.5. The van der Waals surface area contributed by atoms with E-state index in [1.165, 1.54) is 4.68 Å². The second-order valence-corrected chi connectivity index (χ2v) is 12.0. The fourth-order valence-corrected chi connectivity index (χ4v) is 5.46. The molecule has 10 N–H and O–H groups in total. The first-order valence-corrected chi connectivity index (χ1v) is 16.9. The maximum Gasteiger partial charge on any atom is 0.338 e. The molecular formula is C35H42N4O16. The first kappa shape index (κ1) is 40.4. The number of fused-ring (bicyclic) bond motifs is 1. The van der Waals surface area contributed by atoms with Crippen molar-refractivity contribution in [3.63, 3.8) is 0 Å². The number of ether oxygens (including phenoxy) is 7. The van der Waals surface area contributed by atoms with Gasteiger partial charge in [-0.2, -0.15) is 0 Å². The zero-order chi connectivity index (χ0) is 39.5. The van der Waals surface area contributed by atoms with Crippen LogP contribution in [0, 0.1) is 0 Å². The SMILES string of the molecule is NCCOCCOCCOCCOCCn1cc(COC2c3c(O)cc(O)cc3OC(c3cc(O)c(O)c(O)c3)C2OC(=O)c2cc(O)c(O)c(O)c2)nn1. The number of phenols is 8. The molecule has 1 aromatic heterocycles. The van der Waals surface area contributed by atoms with Crippen molar-refractivity contribution < 1.29 is 78.8 Å². The Kier molecular flexibility index (Phi) is 14.0. The number of nitrogens with zero attached hydrogens (tertiary/aromatic N) is 3. The fourth-order valence-electron chi connectivity index (χ4n) is 5.46. The summed E-state index contributed by atoms with van der Waals surface area (Å²) in [6.07, 6.45) is -2.88. The highest BCUT2D eigenvalue weighted by molar-refractivity contribution is 5.91.